The zero-order valence-corrected chi connectivity index (χ0v) is 7.79. The molecular formula is C6H5BClFO2S. The third-order valence-electron chi connectivity index (χ3n) is 1.35. The largest absolute Gasteiger partial charge is 0.264 e. The molecule has 0 saturated carbocycles. The van der Waals surface area contributed by atoms with Gasteiger partial charge in [0, 0.05) is 10.7 Å². The molecule has 0 atom stereocenters. The fourth-order valence-electron chi connectivity index (χ4n) is 0.804. The summed E-state index contributed by atoms with van der Waals surface area (Å²) in [4.78, 5) is -0.477. The van der Waals surface area contributed by atoms with Crippen LogP contribution in [-0.4, -0.2) is 16.3 Å². The van der Waals surface area contributed by atoms with Gasteiger partial charge < -0.3 is 0 Å². The van der Waals surface area contributed by atoms with Gasteiger partial charge in [-0.25, -0.2) is 12.8 Å². The van der Waals surface area contributed by atoms with Crippen LogP contribution in [0.2, 0.25) is 0 Å². The zero-order chi connectivity index (χ0) is 9.35. The maximum Gasteiger partial charge on any atom is 0.264 e. The number of rotatable bonds is 1. The second kappa shape index (κ2) is 3.07. The van der Waals surface area contributed by atoms with Gasteiger partial charge in [-0.15, -0.1) is 0 Å². The Labute approximate surface area is 75.2 Å². The molecule has 1 aromatic carbocycles. The minimum absolute atomic E-state index is 0.477. The van der Waals surface area contributed by atoms with Crippen molar-refractivity contribution in [2.24, 2.45) is 0 Å². The van der Waals surface area contributed by atoms with E-state index in [0.29, 0.717) is 5.46 Å². The van der Waals surface area contributed by atoms with Crippen LogP contribution < -0.4 is 5.46 Å². The molecule has 0 saturated heterocycles. The van der Waals surface area contributed by atoms with Gasteiger partial charge in [0.1, 0.15) is 18.6 Å². The van der Waals surface area contributed by atoms with Crippen molar-refractivity contribution in [3.8, 4) is 0 Å². The Balaban J connectivity index is 3.39. The van der Waals surface area contributed by atoms with Gasteiger partial charge in [0.25, 0.3) is 9.05 Å². The van der Waals surface area contributed by atoms with Gasteiger partial charge in [-0.1, -0.05) is 11.5 Å². The maximum absolute atomic E-state index is 12.9. The molecule has 0 aliphatic heterocycles. The Bertz CT molecular complexity index is 404. The van der Waals surface area contributed by atoms with Crippen molar-refractivity contribution in [3.05, 3.63) is 24.0 Å². The van der Waals surface area contributed by atoms with Crippen molar-refractivity contribution in [3.63, 3.8) is 0 Å². The molecule has 0 fully saturated rings. The molecule has 0 amide bonds. The molecule has 0 unspecified atom stereocenters. The van der Waals surface area contributed by atoms with Crippen molar-refractivity contribution in [1.29, 1.82) is 0 Å². The molecule has 0 radical (unpaired) electrons. The summed E-state index contributed by atoms with van der Waals surface area (Å²) in [5.74, 6) is -0.815. The summed E-state index contributed by atoms with van der Waals surface area (Å²) in [7, 11) is 2.66. The fraction of sp³-hybridized carbons (Fsp3) is 0. The lowest BCUT2D eigenvalue weighted by atomic mass is 9.97. The first-order valence-electron chi connectivity index (χ1n) is 3.12. The van der Waals surface area contributed by atoms with Crippen LogP contribution in [0.4, 0.5) is 4.39 Å². The fourth-order valence-corrected chi connectivity index (χ4v) is 1.70. The Hall–Kier alpha value is -0.545. The van der Waals surface area contributed by atoms with E-state index in [9.17, 15) is 12.8 Å². The van der Waals surface area contributed by atoms with E-state index in [4.69, 9.17) is 10.7 Å². The molecule has 0 aliphatic carbocycles. The van der Waals surface area contributed by atoms with E-state index in [0.717, 1.165) is 12.1 Å². The number of benzene rings is 1. The summed E-state index contributed by atoms with van der Waals surface area (Å²) in [6.45, 7) is 0. The molecule has 64 valence electrons. The smallest absolute Gasteiger partial charge is 0.207 e. The molecule has 2 nitrogen and oxygen atoms in total. The molecule has 0 N–H and O–H groups in total. The highest BCUT2D eigenvalue weighted by atomic mass is 35.7. The summed E-state index contributed by atoms with van der Waals surface area (Å²) in [5, 5.41) is 0. The van der Waals surface area contributed by atoms with Gasteiger partial charge >= 0.3 is 0 Å². The lowest BCUT2D eigenvalue weighted by molar-refractivity contribution is 0.576. The molecule has 0 heterocycles. The quantitative estimate of drug-likeness (QED) is 0.479. The van der Waals surface area contributed by atoms with Crippen LogP contribution in [0.1, 0.15) is 0 Å². The van der Waals surface area contributed by atoms with Gasteiger partial charge in [0.2, 0.25) is 0 Å². The van der Waals surface area contributed by atoms with Crippen LogP contribution >= 0.6 is 10.7 Å². The van der Waals surface area contributed by atoms with Crippen LogP contribution in [-0.2, 0) is 9.05 Å². The van der Waals surface area contributed by atoms with Crippen molar-refractivity contribution in [2.45, 2.75) is 4.90 Å². The summed E-state index contributed by atoms with van der Waals surface area (Å²) < 4.78 is 34.3. The van der Waals surface area contributed by atoms with Crippen LogP contribution in [0.25, 0.3) is 0 Å². The Morgan fingerprint density at radius 2 is 2.00 bits per heavy atom. The van der Waals surface area contributed by atoms with E-state index >= 15 is 0 Å². The standard InChI is InChI=1S/C6H5BClFO2S/c7-4-1-2-6(5(9)3-4)12(8,10)11/h1-3H,7H2. The van der Waals surface area contributed by atoms with Crippen molar-refractivity contribution >= 4 is 33.0 Å². The molecule has 0 spiro atoms. The predicted octanol–water partition coefficient (Wildman–Crippen LogP) is 0.0116. The SMILES string of the molecule is Bc1ccc(S(=O)(=O)Cl)c(F)c1. The zero-order valence-electron chi connectivity index (χ0n) is 6.21. The predicted molar refractivity (Wildman–Crippen MR) is 47.6 cm³/mol. The van der Waals surface area contributed by atoms with E-state index < -0.39 is 19.8 Å². The molecule has 0 aromatic heterocycles. The topological polar surface area (TPSA) is 34.1 Å². The van der Waals surface area contributed by atoms with Crippen molar-refractivity contribution < 1.29 is 12.8 Å². The number of hydrogen-bond donors (Lipinski definition) is 0. The van der Waals surface area contributed by atoms with E-state index in [1.54, 1.807) is 7.85 Å². The van der Waals surface area contributed by atoms with Crippen LogP contribution in [0, 0.1) is 5.82 Å². The lowest BCUT2D eigenvalue weighted by Crippen LogP contribution is -2.05. The molecule has 12 heavy (non-hydrogen) atoms. The minimum Gasteiger partial charge on any atom is -0.207 e. The van der Waals surface area contributed by atoms with Gasteiger partial charge in [0.05, 0.1) is 0 Å². The third-order valence-corrected chi connectivity index (χ3v) is 2.71. The molecule has 6 heteroatoms. The second-order valence-electron chi connectivity index (χ2n) is 2.37. The second-order valence-corrected chi connectivity index (χ2v) is 4.91. The molecule has 1 rings (SSSR count). The normalized spacial score (nSPS) is 11.5. The molecule has 0 bridgehead atoms. The number of halogens is 2. The van der Waals surface area contributed by atoms with E-state index in [2.05, 4.69) is 0 Å². The Kier molecular flexibility index (Phi) is 2.44. The minimum atomic E-state index is -3.95. The van der Waals surface area contributed by atoms with Crippen LogP contribution in [0.5, 0.6) is 0 Å². The summed E-state index contributed by atoms with van der Waals surface area (Å²) in [5.41, 5.74) is 0.650. The van der Waals surface area contributed by atoms with Gasteiger partial charge in [0.15, 0.2) is 0 Å². The molecular weight excluding hydrogens is 201 g/mol. The summed E-state index contributed by atoms with van der Waals surface area (Å²) >= 11 is 0. The van der Waals surface area contributed by atoms with Crippen molar-refractivity contribution in [1.82, 2.24) is 0 Å². The van der Waals surface area contributed by atoms with Crippen molar-refractivity contribution in [2.75, 3.05) is 0 Å². The van der Waals surface area contributed by atoms with Gasteiger partial charge in [-0.3, -0.25) is 0 Å². The molecule has 1 aromatic rings. The van der Waals surface area contributed by atoms with E-state index in [1.807, 2.05) is 0 Å². The first-order valence-corrected chi connectivity index (χ1v) is 5.43. The highest BCUT2D eigenvalue weighted by molar-refractivity contribution is 8.13. The Morgan fingerprint density at radius 1 is 1.42 bits per heavy atom. The van der Waals surface area contributed by atoms with Crippen LogP contribution in [0.15, 0.2) is 23.1 Å². The maximum atomic E-state index is 12.9. The van der Waals surface area contributed by atoms with E-state index in [-0.39, 0.29) is 0 Å². The average Bonchev–Trinajstić information content (AvgIpc) is 1.83. The summed E-state index contributed by atoms with van der Waals surface area (Å²) in [6, 6.07) is 3.75. The Morgan fingerprint density at radius 3 is 2.42 bits per heavy atom. The number of hydrogen-bond acceptors (Lipinski definition) is 2. The highest BCUT2D eigenvalue weighted by Gasteiger charge is 2.14. The highest BCUT2D eigenvalue weighted by Crippen LogP contribution is 2.16. The third kappa shape index (κ3) is 1.98. The lowest BCUT2D eigenvalue weighted by Gasteiger charge is -1.98. The molecule has 0 aliphatic rings. The average molecular weight is 206 g/mol. The monoisotopic (exact) mass is 206 g/mol. The first-order chi connectivity index (χ1) is 5.41. The van der Waals surface area contributed by atoms with Gasteiger partial charge in [-0.05, 0) is 12.1 Å². The summed E-state index contributed by atoms with van der Waals surface area (Å²) in [6.07, 6.45) is 0. The first kappa shape index (κ1) is 9.54. The van der Waals surface area contributed by atoms with Gasteiger partial charge in [-0.2, -0.15) is 0 Å². The van der Waals surface area contributed by atoms with Crippen LogP contribution in [0.3, 0.4) is 0 Å². The van der Waals surface area contributed by atoms with E-state index in [1.165, 1.54) is 6.07 Å².